The Labute approximate surface area is 127 Å². The van der Waals surface area contributed by atoms with Crippen molar-refractivity contribution in [1.82, 2.24) is 19.9 Å². The summed E-state index contributed by atoms with van der Waals surface area (Å²) in [4.78, 5) is 20.6. The molecule has 4 rings (SSSR count). The molecule has 1 atom stereocenters. The molecule has 0 unspecified atom stereocenters. The van der Waals surface area contributed by atoms with Crippen molar-refractivity contribution in [3.05, 3.63) is 35.9 Å². The highest BCUT2D eigenvalue weighted by atomic mass is 16.5. The van der Waals surface area contributed by atoms with Gasteiger partial charge < -0.3 is 13.8 Å². The van der Waals surface area contributed by atoms with E-state index in [-0.39, 0.29) is 17.9 Å². The van der Waals surface area contributed by atoms with Gasteiger partial charge in [-0.25, -0.2) is 0 Å². The minimum Gasteiger partial charge on any atom is -0.459 e. The Bertz CT molecular complexity index is 660. The van der Waals surface area contributed by atoms with E-state index in [4.69, 9.17) is 8.94 Å². The van der Waals surface area contributed by atoms with Gasteiger partial charge in [-0.3, -0.25) is 9.69 Å². The van der Waals surface area contributed by atoms with Gasteiger partial charge in [0.2, 0.25) is 5.89 Å². The SMILES string of the molecule is CN1CCC[C@H]1c1nc(C2CN(C(=O)c3ccco3)C2)no1. The number of likely N-dealkylation sites (tertiary alicyclic amines) is 2. The van der Waals surface area contributed by atoms with Gasteiger partial charge in [-0.15, -0.1) is 0 Å². The second kappa shape index (κ2) is 5.24. The van der Waals surface area contributed by atoms with Crippen molar-refractivity contribution in [2.75, 3.05) is 26.7 Å². The van der Waals surface area contributed by atoms with E-state index in [2.05, 4.69) is 22.1 Å². The van der Waals surface area contributed by atoms with Gasteiger partial charge in [0.05, 0.1) is 18.2 Å². The Morgan fingerprint density at radius 1 is 1.41 bits per heavy atom. The fraction of sp³-hybridized carbons (Fsp3) is 0.533. The smallest absolute Gasteiger partial charge is 0.289 e. The number of nitrogens with zero attached hydrogens (tertiary/aromatic N) is 4. The van der Waals surface area contributed by atoms with Crippen molar-refractivity contribution in [2.45, 2.75) is 24.8 Å². The van der Waals surface area contributed by atoms with Gasteiger partial charge >= 0.3 is 0 Å². The molecular weight excluding hydrogens is 284 g/mol. The first-order valence-corrected chi connectivity index (χ1v) is 7.59. The van der Waals surface area contributed by atoms with Crippen molar-refractivity contribution in [3.8, 4) is 0 Å². The number of furan rings is 1. The van der Waals surface area contributed by atoms with Crippen LogP contribution in [0, 0.1) is 0 Å². The van der Waals surface area contributed by atoms with Gasteiger partial charge in [-0.2, -0.15) is 4.98 Å². The minimum atomic E-state index is -0.0829. The Morgan fingerprint density at radius 3 is 2.95 bits per heavy atom. The average molecular weight is 302 g/mol. The maximum absolute atomic E-state index is 12.1. The van der Waals surface area contributed by atoms with Gasteiger partial charge in [0.15, 0.2) is 11.6 Å². The third kappa shape index (κ3) is 2.21. The average Bonchev–Trinajstić information content (AvgIpc) is 3.16. The Balaban J connectivity index is 1.39. The first kappa shape index (κ1) is 13.5. The molecule has 22 heavy (non-hydrogen) atoms. The molecule has 2 aromatic heterocycles. The molecule has 1 amide bonds. The van der Waals surface area contributed by atoms with Crippen LogP contribution in [-0.4, -0.2) is 52.5 Å². The molecule has 2 aliphatic heterocycles. The van der Waals surface area contributed by atoms with Crippen molar-refractivity contribution in [2.24, 2.45) is 0 Å². The van der Waals surface area contributed by atoms with Gasteiger partial charge in [-0.05, 0) is 38.6 Å². The molecule has 0 spiro atoms. The normalized spacial score (nSPS) is 23.0. The topological polar surface area (TPSA) is 75.6 Å². The number of hydrogen-bond donors (Lipinski definition) is 0. The lowest BCUT2D eigenvalue weighted by Gasteiger charge is -2.36. The summed E-state index contributed by atoms with van der Waals surface area (Å²) in [6.07, 6.45) is 3.73. The predicted octanol–water partition coefficient (Wildman–Crippen LogP) is 1.67. The molecule has 0 aliphatic carbocycles. The van der Waals surface area contributed by atoms with Crippen LogP contribution in [0.25, 0.3) is 0 Å². The van der Waals surface area contributed by atoms with Gasteiger partial charge in [-0.1, -0.05) is 5.16 Å². The first-order valence-electron chi connectivity index (χ1n) is 7.59. The van der Waals surface area contributed by atoms with E-state index in [1.165, 1.54) is 6.26 Å². The first-order chi connectivity index (χ1) is 10.7. The van der Waals surface area contributed by atoms with Crippen molar-refractivity contribution in [3.63, 3.8) is 0 Å². The van der Waals surface area contributed by atoms with Gasteiger partial charge in [0, 0.05) is 13.1 Å². The van der Waals surface area contributed by atoms with Crippen LogP contribution in [-0.2, 0) is 0 Å². The molecule has 2 aliphatic rings. The number of hydrogen-bond acceptors (Lipinski definition) is 6. The van der Waals surface area contributed by atoms with Crippen molar-refractivity contribution < 1.29 is 13.7 Å². The van der Waals surface area contributed by atoms with Crippen LogP contribution in [0.2, 0.25) is 0 Å². The van der Waals surface area contributed by atoms with E-state index >= 15 is 0 Å². The second-order valence-corrected chi connectivity index (χ2v) is 6.01. The standard InChI is InChI=1S/C15H18N4O3/c1-18-6-2-4-11(18)14-16-13(17-22-14)10-8-19(9-10)15(20)12-5-3-7-21-12/h3,5,7,10-11H,2,4,6,8-9H2,1H3/t11-/m0/s1. The van der Waals surface area contributed by atoms with Crippen LogP contribution >= 0.6 is 0 Å². The summed E-state index contributed by atoms with van der Waals surface area (Å²) in [5.74, 6) is 1.85. The summed E-state index contributed by atoms with van der Waals surface area (Å²) >= 11 is 0. The summed E-state index contributed by atoms with van der Waals surface area (Å²) in [6, 6.07) is 3.63. The molecule has 0 radical (unpaired) electrons. The van der Waals surface area contributed by atoms with Gasteiger partial charge in [0.25, 0.3) is 5.91 Å². The van der Waals surface area contributed by atoms with Crippen LogP contribution < -0.4 is 0 Å². The molecule has 2 fully saturated rings. The molecule has 116 valence electrons. The highest BCUT2D eigenvalue weighted by Crippen LogP contribution is 2.32. The van der Waals surface area contributed by atoms with Crippen LogP contribution in [0.1, 0.15) is 47.1 Å². The molecule has 0 aromatic carbocycles. The summed E-state index contributed by atoms with van der Waals surface area (Å²) in [5.41, 5.74) is 0. The Hall–Kier alpha value is -2.15. The predicted molar refractivity (Wildman–Crippen MR) is 76.3 cm³/mol. The molecule has 2 saturated heterocycles. The monoisotopic (exact) mass is 302 g/mol. The van der Waals surface area contributed by atoms with E-state index in [9.17, 15) is 4.79 Å². The van der Waals surface area contributed by atoms with Crippen molar-refractivity contribution in [1.29, 1.82) is 0 Å². The molecule has 7 nitrogen and oxygen atoms in total. The summed E-state index contributed by atoms with van der Waals surface area (Å²) in [5, 5.41) is 4.10. The quantitative estimate of drug-likeness (QED) is 0.858. The zero-order valence-corrected chi connectivity index (χ0v) is 12.4. The number of amides is 1. The zero-order chi connectivity index (χ0) is 15.1. The van der Waals surface area contributed by atoms with E-state index < -0.39 is 0 Å². The largest absolute Gasteiger partial charge is 0.459 e. The molecule has 0 saturated carbocycles. The lowest BCUT2D eigenvalue weighted by Crippen LogP contribution is -2.48. The van der Waals surface area contributed by atoms with Crippen LogP contribution in [0.15, 0.2) is 27.3 Å². The maximum Gasteiger partial charge on any atom is 0.289 e. The zero-order valence-electron chi connectivity index (χ0n) is 12.4. The number of carbonyl (C=O) groups excluding carboxylic acids is 1. The summed E-state index contributed by atoms with van der Waals surface area (Å²) in [6.45, 7) is 2.29. The third-order valence-electron chi connectivity index (χ3n) is 4.53. The van der Waals surface area contributed by atoms with Crippen LogP contribution in [0.3, 0.4) is 0 Å². The van der Waals surface area contributed by atoms with Crippen LogP contribution in [0.4, 0.5) is 0 Å². The summed E-state index contributed by atoms with van der Waals surface area (Å²) < 4.78 is 10.5. The molecule has 2 aromatic rings. The summed E-state index contributed by atoms with van der Waals surface area (Å²) in [7, 11) is 2.08. The Kier molecular flexibility index (Phi) is 3.22. The molecule has 7 heteroatoms. The molecule has 0 bridgehead atoms. The van der Waals surface area contributed by atoms with E-state index in [1.807, 2.05) is 0 Å². The highest BCUT2D eigenvalue weighted by Gasteiger charge is 2.37. The molecular formula is C15H18N4O3. The number of aromatic nitrogens is 2. The molecule has 0 N–H and O–H groups in total. The van der Waals surface area contributed by atoms with E-state index in [0.717, 1.165) is 19.4 Å². The minimum absolute atomic E-state index is 0.0829. The fourth-order valence-electron chi connectivity index (χ4n) is 3.13. The lowest BCUT2D eigenvalue weighted by atomic mass is 9.99. The lowest BCUT2D eigenvalue weighted by molar-refractivity contribution is 0.0559. The second-order valence-electron chi connectivity index (χ2n) is 6.01. The maximum atomic E-state index is 12.1. The van der Waals surface area contributed by atoms with Gasteiger partial charge in [0.1, 0.15) is 0 Å². The van der Waals surface area contributed by atoms with Crippen molar-refractivity contribution >= 4 is 5.91 Å². The van der Waals surface area contributed by atoms with E-state index in [1.54, 1.807) is 17.0 Å². The molecule has 4 heterocycles. The van der Waals surface area contributed by atoms with Crippen LogP contribution in [0.5, 0.6) is 0 Å². The number of carbonyl (C=O) groups is 1. The third-order valence-corrected chi connectivity index (χ3v) is 4.53. The Morgan fingerprint density at radius 2 is 2.27 bits per heavy atom. The fourth-order valence-corrected chi connectivity index (χ4v) is 3.13. The number of rotatable bonds is 3. The highest BCUT2D eigenvalue weighted by molar-refractivity contribution is 5.92. The van der Waals surface area contributed by atoms with E-state index in [0.29, 0.717) is 30.6 Å².